The van der Waals surface area contributed by atoms with Crippen molar-refractivity contribution < 1.29 is 9.22 Å². The predicted molar refractivity (Wildman–Crippen MR) is 91.8 cm³/mol. The molecule has 0 unspecified atom stereocenters. The fourth-order valence-electron chi connectivity index (χ4n) is 2.46. The van der Waals surface area contributed by atoms with Crippen LogP contribution in [0.2, 0.25) is 18.1 Å². The molecule has 120 valence electrons. The molecular weight excluding hydrogens is 278 g/mol. The van der Waals surface area contributed by atoms with Gasteiger partial charge in [-0.1, -0.05) is 32.9 Å². The number of amides is 1. The Labute approximate surface area is 131 Å². The lowest BCUT2D eigenvalue weighted by molar-refractivity contribution is -0.128. The zero-order valence-corrected chi connectivity index (χ0v) is 15.3. The molecule has 0 aromatic heterocycles. The van der Waals surface area contributed by atoms with Gasteiger partial charge >= 0.3 is 0 Å². The van der Waals surface area contributed by atoms with Crippen molar-refractivity contribution in [3.63, 3.8) is 0 Å². The van der Waals surface area contributed by atoms with Crippen LogP contribution < -0.4 is 0 Å². The smallest absolute Gasteiger partial charge is 0.225 e. The van der Waals surface area contributed by atoms with Gasteiger partial charge in [0.15, 0.2) is 8.32 Å². The van der Waals surface area contributed by atoms with E-state index >= 15 is 0 Å². The highest BCUT2D eigenvalue weighted by Gasteiger charge is 2.45. The number of hydrogen-bond donors (Lipinski definition) is 0. The highest BCUT2D eigenvalue weighted by atomic mass is 28.4. The quantitative estimate of drug-likeness (QED) is 0.523. The lowest BCUT2D eigenvalue weighted by atomic mass is 10.1. The molecule has 0 aliphatic carbocycles. The van der Waals surface area contributed by atoms with Gasteiger partial charge in [0.1, 0.15) is 0 Å². The summed E-state index contributed by atoms with van der Waals surface area (Å²) >= 11 is 0. The Morgan fingerprint density at radius 3 is 2.43 bits per heavy atom. The molecule has 2 atom stereocenters. The van der Waals surface area contributed by atoms with Crippen molar-refractivity contribution in [3.8, 4) is 0 Å². The number of nitrogens with zero attached hydrogens (tertiary/aromatic N) is 1. The Bertz CT molecular complexity index is 398. The molecule has 3 nitrogen and oxygen atoms in total. The molecule has 0 spiro atoms. The van der Waals surface area contributed by atoms with Crippen LogP contribution in [0.1, 0.15) is 40.0 Å². The first-order valence-electron chi connectivity index (χ1n) is 7.83. The monoisotopic (exact) mass is 309 g/mol. The van der Waals surface area contributed by atoms with E-state index < -0.39 is 8.32 Å². The Kier molecular flexibility index (Phi) is 5.99. The van der Waals surface area contributed by atoms with Gasteiger partial charge in [0.05, 0.1) is 18.6 Å². The minimum atomic E-state index is -1.86. The molecule has 4 heteroatoms. The summed E-state index contributed by atoms with van der Waals surface area (Å²) in [7, 11) is -1.86. The average molecular weight is 310 g/mol. The fourth-order valence-corrected chi connectivity index (χ4v) is 3.81. The van der Waals surface area contributed by atoms with Gasteiger partial charge in [0, 0.05) is 6.54 Å². The van der Waals surface area contributed by atoms with Crippen molar-refractivity contribution in [2.24, 2.45) is 0 Å². The normalized spacial score (nSPS) is 23.5. The maximum absolute atomic E-state index is 12.3. The van der Waals surface area contributed by atoms with Gasteiger partial charge < -0.3 is 9.33 Å². The summed E-state index contributed by atoms with van der Waals surface area (Å²) in [5, 5.41) is 0.156. The molecule has 0 bridgehead atoms. The van der Waals surface area contributed by atoms with Crippen LogP contribution in [-0.4, -0.2) is 37.8 Å². The second-order valence-corrected chi connectivity index (χ2v) is 12.1. The van der Waals surface area contributed by atoms with Crippen LogP contribution in [0.15, 0.2) is 25.3 Å². The predicted octanol–water partition coefficient (Wildman–Crippen LogP) is 4.13. The van der Waals surface area contributed by atoms with Crippen LogP contribution in [0.5, 0.6) is 0 Å². The Balaban J connectivity index is 2.88. The molecule has 1 aliphatic rings. The SMILES string of the molecule is C=CCCN1C(=O)C[C@H](O[Si](C)(C)C(C)(C)C)[C@@H]1CC=C. The molecule has 1 fully saturated rings. The number of carbonyl (C=O) groups is 1. The van der Waals surface area contributed by atoms with Gasteiger partial charge in [-0.05, 0) is 31.0 Å². The molecule has 1 saturated heterocycles. The van der Waals surface area contributed by atoms with Crippen LogP contribution >= 0.6 is 0 Å². The molecule has 1 rings (SSSR count). The molecule has 1 heterocycles. The van der Waals surface area contributed by atoms with E-state index in [0.29, 0.717) is 6.42 Å². The summed E-state index contributed by atoms with van der Waals surface area (Å²) in [5.74, 6) is 0.201. The minimum absolute atomic E-state index is 0.00112. The summed E-state index contributed by atoms with van der Waals surface area (Å²) in [4.78, 5) is 14.3. The van der Waals surface area contributed by atoms with E-state index in [-0.39, 0.29) is 23.1 Å². The fraction of sp³-hybridized carbons (Fsp3) is 0.706. The van der Waals surface area contributed by atoms with Crippen molar-refractivity contribution >= 4 is 14.2 Å². The van der Waals surface area contributed by atoms with Crippen LogP contribution in [0.25, 0.3) is 0 Å². The highest BCUT2D eigenvalue weighted by molar-refractivity contribution is 6.74. The molecule has 0 aromatic rings. The standard InChI is InChI=1S/C17H31NO2Si/c1-8-10-12-18-14(11-9-2)15(13-16(18)19)20-21(6,7)17(3,4)5/h8-9,14-15H,1-2,10-13H2,3-7H3/t14-,15-/m0/s1. The third kappa shape index (κ3) is 4.30. The largest absolute Gasteiger partial charge is 0.411 e. The molecule has 0 N–H and O–H groups in total. The van der Waals surface area contributed by atoms with E-state index in [2.05, 4.69) is 47.0 Å². The first-order chi connectivity index (χ1) is 9.64. The molecule has 0 aromatic carbocycles. The van der Waals surface area contributed by atoms with Gasteiger partial charge in [0.25, 0.3) is 0 Å². The first kappa shape index (κ1) is 18.2. The third-order valence-electron chi connectivity index (χ3n) is 4.76. The van der Waals surface area contributed by atoms with Gasteiger partial charge in [-0.3, -0.25) is 4.79 Å². The van der Waals surface area contributed by atoms with Crippen molar-refractivity contribution in [1.82, 2.24) is 4.90 Å². The second-order valence-electron chi connectivity index (χ2n) is 7.38. The molecule has 1 amide bonds. The number of rotatable bonds is 7. The summed E-state index contributed by atoms with van der Waals surface area (Å²) in [6.07, 6.45) is 5.88. The number of carbonyl (C=O) groups excluding carboxylic acids is 1. The van der Waals surface area contributed by atoms with Crippen molar-refractivity contribution in [1.29, 1.82) is 0 Å². The Hall–Kier alpha value is -0.873. The molecule has 0 radical (unpaired) electrons. The van der Waals surface area contributed by atoms with Gasteiger partial charge in [-0.25, -0.2) is 0 Å². The molecule has 0 saturated carbocycles. The third-order valence-corrected chi connectivity index (χ3v) is 9.26. The summed E-state index contributed by atoms with van der Waals surface area (Å²) < 4.78 is 6.51. The summed E-state index contributed by atoms with van der Waals surface area (Å²) in [5.41, 5.74) is 0. The van der Waals surface area contributed by atoms with E-state index in [1.807, 2.05) is 17.1 Å². The highest BCUT2D eigenvalue weighted by Crippen LogP contribution is 2.39. The Morgan fingerprint density at radius 1 is 1.33 bits per heavy atom. The van der Waals surface area contributed by atoms with E-state index in [1.165, 1.54) is 0 Å². The number of likely N-dealkylation sites (tertiary alicyclic amines) is 1. The maximum atomic E-state index is 12.3. The van der Waals surface area contributed by atoms with Gasteiger partial charge in [0.2, 0.25) is 5.91 Å². The van der Waals surface area contributed by atoms with Gasteiger partial charge in [-0.15, -0.1) is 13.2 Å². The second kappa shape index (κ2) is 6.92. The van der Waals surface area contributed by atoms with Crippen molar-refractivity contribution in [2.75, 3.05) is 6.54 Å². The minimum Gasteiger partial charge on any atom is -0.411 e. The van der Waals surface area contributed by atoms with Crippen LogP contribution in [-0.2, 0) is 9.22 Å². The lowest BCUT2D eigenvalue weighted by Gasteiger charge is -2.40. The summed E-state index contributed by atoms with van der Waals surface area (Å²) in [6.45, 7) is 19.5. The van der Waals surface area contributed by atoms with Crippen molar-refractivity contribution in [2.45, 2.75) is 70.3 Å². The average Bonchev–Trinajstić information content (AvgIpc) is 2.62. The van der Waals surface area contributed by atoms with Gasteiger partial charge in [-0.2, -0.15) is 0 Å². The van der Waals surface area contributed by atoms with E-state index in [1.54, 1.807) is 0 Å². The summed E-state index contributed by atoms with van der Waals surface area (Å²) in [6, 6.07) is 0.129. The van der Waals surface area contributed by atoms with Crippen LogP contribution in [0, 0.1) is 0 Å². The zero-order valence-electron chi connectivity index (χ0n) is 14.3. The first-order valence-corrected chi connectivity index (χ1v) is 10.7. The van der Waals surface area contributed by atoms with Crippen LogP contribution in [0.4, 0.5) is 0 Å². The maximum Gasteiger partial charge on any atom is 0.225 e. The molecular formula is C17H31NO2Si. The van der Waals surface area contributed by atoms with Crippen molar-refractivity contribution in [3.05, 3.63) is 25.3 Å². The Morgan fingerprint density at radius 2 is 1.95 bits per heavy atom. The van der Waals surface area contributed by atoms with E-state index in [4.69, 9.17) is 4.43 Å². The van der Waals surface area contributed by atoms with E-state index in [9.17, 15) is 4.79 Å². The number of hydrogen-bond acceptors (Lipinski definition) is 2. The van der Waals surface area contributed by atoms with Crippen LogP contribution in [0.3, 0.4) is 0 Å². The molecule has 21 heavy (non-hydrogen) atoms. The lowest BCUT2D eigenvalue weighted by Crippen LogP contribution is -2.47. The zero-order chi connectivity index (χ0) is 16.3. The topological polar surface area (TPSA) is 29.5 Å². The van der Waals surface area contributed by atoms with E-state index in [0.717, 1.165) is 19.4 Å². The molecule has 1 aliphatic heterocycles.